The van der Waals surface area contributed by atoms with E-state index in [0.717, 1.165) is 34.8 Å². The summed E-state index contributed by atoms with van der Waals surface area (Å²) in [5, 5.41) is 15.2. The Morgan fingerprint density at radius 1 is 1.10 bits per heavy atom. The molecule has 12 nitrogen and oxygen atoms in total. The number of fused-ring (bicyclic) bond motifs is 2. The molecule has 5 heterocycles. The molecule has 3 amide bonds. The SMILES string of the molecule is C[C@@H]1CN(c2ncc(Cl)c(Nc3ccc4c(c3)CC(=O)N4CC(C)(F)F)n2)CC[C@H]1Nc1ccc2c([C@H]3CCC(=O)NC3=O)nn(C)c2c1. The fraction of sp³-hybridized carbons (Fsp3) is 0.412. The minimum atomic E-state index is -3.00. The van der Waals surface area contributed by atoms with Crippen LogP contribution in [0.4, 0.5) is 37.6 Å². The maximum absolute atomic E-state index is 13.7. The molecule has 3 N–H and O–H groups in total. The molecule has 0 bridgehead atoms. The molecule has 0 radical (unpaired) electrons. The van der Waals surface area contributed by atoms with E-state index in [9.17, 15) is 23.2 Å². The zero-order valence-electron chi connectivity index (χ0n) is 27.3. The van der Waals surface area contributed by atoms with Crippen LogP contribution < -0.4 is 25.8 Å². The van der Waals surface area contributed by atoms with E-state index in [0.29, 0.717) is 65.4 Å². The van der Waals surface area contributed by atoms with Crippen molar-refractivity contribution in [3.05, 3.63) is 58.9 Å². The van der Waals surface area contributed by atoms with Crippen molar-refractivity contribution in [2.45, 2.75) is 57.4 Å². The molecule has 2 aromatic carbocycles. The normalized spacial score (nSPS) is 21.3. The van der Waals surface area contributed by atoms with Crippen molar-refractivity contribution in [2.24, 2.45) is 13.0 Å². The van der Waals surface area contributed by atoms with Gasteiger partial charge >= 0.3 is 0 Å². The monoisotopic (exact) mass is 691 g/mol. The number of aryl methyl sites for hydroxylation is 1. The van der Waals surface area contributed by atoms with Gasteiger partial charge < -0.3 is 20.4 Å². The minimum absolute atomic E-state index is 0.0455. The van der Waals surface area contributed by atoms with Crippen LogP contribution in [0.15, 0.2) is 42.6 Å². The molecule has 3 aliphatic rings. The average Bonchev–Trinajstić information content (AvgIpc) is 3.52. The highest BCUT2D eigenvalue weighted by molar-refractivity contribution is 6.33. The van der Waals surface area contributed by atoms with Crippen LogP contribution in [0.2, 0.25) is 5.02 Å². The van der Waals surface area contributed by atoms with Gasteiger partial charge in [-0.25, -0.2) is 13.8 Å². The molecule has 0 saturated carbocycles. The first-order chi connectivity index (χ1) is 23.3. The lowest BCUT2D eigenvalue weighted by molar-refractivity contribution is -0.134. The lowest BCUT2D eigenvalue weighted by atomic mass is 9.92. The summed E-state index contributed by atoms with van der Waals surface area (Å²) in [6.07, 6.45) is 3.17. The summed E-state index contributed by atoms with van der Waals surface area (Å²) in [4.78, 5) is 49.1. The van der Waals surface area contributed by atoms with Gasteiger partial charge in [0.25, 0.3) is 5.92 Å². The van der Waals surface area contributed by atoms with Crippen molar-refractivity contribution in [1.82, 2.24) is 25.1 Å². The lowest BCUT2D eigenvalue weighted by Crippen LogP contribution is -2.46. The third kappa shape index (κ3) is 6.61. The Morgan fingerprint density at radius 2 is 1.90 bits per heavy atom. The standard InChI is InChI=1S/C34H36ClF2N9O3/c1-18-16-45(11-10-25(18)39-21-4-6-22-27(14-21)44(3)43-30(22)23-7-9-28(47)41-32(23)49)33-38-15-24(35)31(42-33)40-20-5-8-26-19(12-20)13-29(48)46(26)17-34(2,36)37/h4-6,8,12,14-15,18,23,25,39H,7,9-11,13,16-17H2,1-3H3,(H,38,40,42)(H,41,47,49)/t18-,23-,25-/m1/s1. The van der Waals surface area contributed by atoms with Gasteiger partial charge in [0.15, 0.2) is 5.82 Å². The number of nitrogens with zero attached hydrogens (tertiary/aromatic N) is 6. The van der Waals surface area contributed by atoms with Crippen LogP contribution in [-0.4, -0.2) is 69.1 Å². The van der Waals surface area contributed by atoms with Crippen LogP contribution in [0.3, 0.4) is 0 Å². The van der Waals surface area contributed by atoms with Crippen LogP contribution >= 0.6 is 11.6 Å². The second-order valence-electron chi connectivity index (χ2n) is 13.3. The number of imide groups is 1. The third-order valence-corrected chi connectivity index (χ3v) is 9.71. The highest BCUT2D eigenvalue weighted by atomic mass is 35.5. The molecule has 0 unspecified atom stereocenters. The summed E-state index contributed by atoms with van der Waals surface area (Å²) in [6.45, 7) is 3.71. The molecule has 4 aromatic rings. The smallest absolute Gasteiger partial charge is 0.263 e. The molecule has 2 saturated heterocycles. The molecule has 2 fully saturated rings. The van der Waals surface area contributed by atoms with E-state index in [1.807, 2.05) is 25.2 Å². The highest BCUT2D eigenvalue weighted by Crippen LogP contribution is 2.36. The predicted molar refractivity (Wildman–Crippen MR) is 183 cm³/mol. The molecule has 49 heavy (non-hydrogen) atoms. The van der Waals surface area contributed by atoms with Crippen molar-refractivity contribution in [2.75, 3.05) is 40.1 Å². The summed E-state index contributed by atoms with van der Waals surface area (Å²) >= 11 is 6.47. The van der Waals surface area contributed by atoms with Gasteiger partial charge in [0.1, 0.15) is 5.02 Å². The van der Waals surface area contributed by atoms with Gasteiger partial charge in [-0.3, -0.25) is 24.4 Å². The van der Waals surface area contributed by atoms with Crippen molar-refractivity contribution in [3.63, 3.8) is 0 Å². The number of halogens is 3. The molecule has 7 rings (SSSR count). The Bertz CT molecular complexity index is 1980. The average molecular weight is 692 g/mol. The molecule has 15 heteroatoms. The Labute approximate surface area is 286 Å². The number of anilines is 5. The van der Waals surface area contributed by atoms with E-state index in [2.05, 4.69) is 37.9 Å². The zero-order chi connectivity index (χ0) is 34.6. The van der Waals surface area contributed by atoms with Gasteiger partial charge in [-0.15, -0.1) is 0 Å². The minimum Gasteiger partial charge on any atom is -0.382 e. The molecular formula is C34H36ClF2N9O3. The maximum Gasteiger partial charge on any atom is 0.263 e. The Balaban J connectivity index is 1.01. The van der Waals surface area contributed by atoms with Crippen molar-refractivity contribution in [3.8, 4) is 0 Å². The van der Waals surface area contributed by atoms with E-state index in [1.54, 1.807) is 29.1 Å². The number of amides is 3. The van der Waals surface area contributed by atoms with E-state index < -0.39 is 18.4 Å². The summed E-state index contributed by atoms with van der Waals surface area (Å²) in [5.41, 5.74) is 4.31. The van der Waals surface area contributed by atoms with Crippen LogP contribution in [-0.2, 0) is 27.9 Å². The number of hydrogen-bond donors (Lipinski definition) is 3. The zero-order valence-corrected chi connectivity index (χ0v) is 28.0. The van der Waals surface area contributed by atoms with Gasteiger partial charge in [0.05, 0.1) is 36.3 Å². The molecule has 2 aromatic heterocycles. The molecule has 3 atom stereocenters. The first-order valence-corrected chi connectivity index (χ1v) is 16.6. The van der Waals surface area contributed by atoms with Crippen LogP contribution in [0.25, 0.3) is 10.9 Å². The van der Waals surface area contributed by atoms with Crippen LogP contribution in [0.1, 0.15) is 50.3 Å². The third-order valence-electron chi connectivity index (χ3n) is 9.43. The molecular weight excluding hydrogens is 656 g/mol. The van der Waals surface area contributed by atoms with E-state index >= 15 is 0 Å². The number of benzene rings is 2. The van der Waals surface area contributed by atoms with Gasteiger partial charge in [-0.05, 0) is 60.7 Å². The largest absolute Gasteiger partial charge is 0.382 e. The molecule has 256 valence electrons. The van der Waals surface area contributed by atoms with E-state index in [4.69, 9.17) is 16.6 Å². The fourth-order valence-corrected chi connectivity index (χ4v) is 7.13. The molecule has 3 aliphatic heterocycles. The van der Waals surface area contributed by atoms with Crippen molar-refractivity contribution < 1.29 is 23.2 Å². The van der Waals surface area contributed by atoms with Crippen molar-refractivity contribution in [1.29, 1.82) is 0 Å². The summed E-state index contributed by atoms with van der Waals surface area (Å²) in [6, 6.07) is 11.4. The number of piperidine rings is 2. The summed E-state index contributed by atoms with van der Waals surface area (Å²) in [5.74, 6) is -3.20. The number of carbonyl (C=O) groups is 3. The number of rotatable bonds is 8. The summed E-state index contributed by atoms with van der Waals surface area (Å²) in [7, 11) is 1.85. The van der Waals surface area contributed by atoms with E-state index in [-0.39, 0.29) is 36.1 Å². The van der Waals surface area contributed by atoms with Gasteiger partial charge in [-0.1, -0.05) is 18.5 Å². The summed E-state index contributed by atoms with van der Waals surface area (Å²) < 4.78 is 29.1. The Morgan fingerprint density at radius 3 is 2.65 bits per heavy atom. The van der Waals surface area contributed by atoms with E-state index in [1.165, 1.54) is 0 Å². The van der Waals surface area contributed by atoms with Crippen molar-refractivity contribution >= 4 is 69.1 Å². The Kier molecular flexibility index (Phi) is 8.37. The lowest BCUT2D eigenvalue weighted by Gasteiger charge is -2.37. The first kappa shape index (κ1) is 32.7. The Hall–Kier alpha value is -4.85. The van der Waals surface area contributed by atoms with Gasteiger partial charge in [0.2, 0.25) is 23.7 Å². The highest BCUT2D eigenvalue weighted by Gasteiger charge is 2.35. The molecule has 0 aliphatic carbocycles. The molecule has 0 spiro atoms. The second-order valence-corrected chi connectivity index (χ2v) is 13.7. The van der Waals surface area contributed by atoms with Crippen LogP contribution in [0.5, 0.6) is 0 Å². The number of hydrogen-bond acceptors (Lipinski definition) is 9. The fourth-order valence-electron chi connectivity index (χ4n) is 6.99. The van der Waals surface area contributed by atoms with Gasteiger partial charge in [0, 0.05) is 62.0 Å². The van der Waals surface area contributed by atoms with Crippen LogP contribution in [0, 0.1) is 5.92 Å². The quantitative estimate of drug-likeness (QED) is 0.214. The maximum atomic E-state index is 13.7. The second kappa shape index (κ2) is 12.6. The number of carbonyl (C=O) groups excluding carboxylic acids is 3. The van der Waals surface area contributed by atoms with Gasteiger partial charge in [-0.2, -0.15) is 10.1 Å². The topological polar surface area (TPSA) is 137 Å². The number of alkyl halides is 2. The number of nitrogens with one attached hydrogen (secondary N) is 3. The predicted octanol–water partition coefficient (Wildman–Crippen LogP) is 5.15. The number of aromatic nitrogens is 4. The first-order valence-electron chi connectivity index (χ1n) is 16.3.